The number of nitrogens with zero attached hydrogens (tertiary/aromatic N) is 2. The van der Waals surface area contributed by atoms with E-state index in [1.165, 1.54) is 30.5 Å². The minimum atomic E-state index is 0.520. The van der Waals surface area contributed by atoms with Crippen LogP contribution < -0.4 is 0 Å². The Morgan fingerprint density at radius 3 is 2.64 bits per heavy atom. The van der Waals surface area contributed by atoms with Crippen molar-refractivity contribution in [2.75, 3.05) is 0 Å². The normalized spacial score (nSPS) is 13.1. The van der Waals surface area contributed by atoms with Crippen LogP contribution in [-0.2, 0) is 6.42 Å². The van der Waals surface area contributed by atoms with Crippen molar-refractivity contribution in [3.05, 3.63) is 17.5 Å². The standard InChI is InChI=1S/C12H21N2/c1-5-7-8-10(3)14-11(4)12(6-2)9-13-14/h10H,5-8H2,1-4H3. The first-order chi connectivity index (χ1) is 6.70. The summed E-state index contributed by atoms with van der Waals surface area (Å²) < 4.78 is 2.12. The van der Waals surface area contributed by atoms with Gasteiger partial charge < -0.3 is 0 Å². The molecule has 0 spiro atoms. The van der Waals surface area contributed by atoms with Gasteiger partial charge in [0.2, 0.25) is 0 Å². The fraction of sp³-hybridized carbons (Fsp3) is 0.750. The third-order valence-corrected chi connectivity index (χ3v) is 2.82. The summed E-state index contributed by atoms with van der Waals surface area (Å²) in [6.07, 6.45) is 7.88. The van der Waals surface area contributed by atoms with Gasteiger partial charge in [-0.3, -0.25) is 4.68 Å². The zero-order valence-electron chi connectivity index (χ0n) is 9.80. The van der Waals surface area contributed by atoms with Gasteiger partial charge in [0.1, 0.15) is 6.20 Å². The van der Waals surface area contributed by atoms with E-state index in [1.807, 2.05) is 0 Å². The maximum absolute atomic E-state index is 4.33. The average Bonchev–Trinajstić information content (AvgIpc) is 2.56. The lowest BCUT2D eigenvalue weighted by Crippen LogP contribution is -2.08. The molecule has 1 radical (unpaired) electrons. The van der Waals surface area contributed by atoms with Gasteiger partial charge in [0, 0.05) is 17.3 Å². The molecule has 0 N–H and O–H groups in total. The molecule has 0 aliphatic rings. The Morgan fingerprint density at radius 2 is 2.14 bits per heavy atom. The van der Waals surface area contributed by atoms with Crippen LogP contribution in [0.3, 0.4) is 0 Å². The van der Waals surface area contributed by atoms with Crippen LogP contribution in [0.2, 0.25) is 0 Å². The molecule has 1 atom stereocenters. The topological polar surface area (TPSA) is 17.8 Å². The van der Waals surface area contributed by atoms with Crippen molar-refractivity contribution in [2.45, 2.75) is 59.4 Å². The first-order valence-electron chi connectivity index (χ1n) is 5.66. The molecule has 2 heteroatoms. The number of aryl methyl sites for hydroxylation is 1. The van der Waals surface area contributed by atoms with Gasteiger partial charge in [-0.15, -0.1) is 0 Å². The highest BCUT2D eigenvalue weighted by molar-refractivity contribution is 5.14. The molecule has 0 saturated heterocycles. The molecule has 1 heterocycles. The van der Waals surface area contributed by atoms with Crippen LogP contribution in [0.1, 0.15) is 57.3 Å². The maximum atomic E-state index is 4.33. The highest BCUT2D eigenvalue weighted by Crippen LogP contribution is 2.17. The number of hydrogen-bond acceptors (Lipinski definition) is 1. The van der Waals surface area contributed by atoms with Crippen molar-refractivity contribution in [3.8, 4) is 0 Å². The van der Waals surface area contributed by atoms with Gasteiger partial charge in [-0.25, -0.2) is 0 Å². The minimum absolute atomic E-state index is 0.520. The first kappa shape index (κ1) is 11.3. The van der Waals surface area contributed by atoms with Crippen molar-refractivity contribution in [1.29, 1.82) is 0 Å². The van der Waals surface area contributed by atoms with E-state index in [0.717, 1.165) is 6.42 Å². The molecule has 0 aliphatic heterocycles. The fourth-order valence-electron chi connectivity index (χ4n) is 1.79. The molecule has 14 heavy (non-hydrogen) atoms. The molecule has 2 nitrogen and oxygen atoms in total. The second-order valence-electron chi connectivity index (χ2n) is 3.97. The Hall–Kier alpha value is -0.790. The SMILES string of the molecule is CCCCC(C)n1n[c]c(CC)c1C. The lowest BCUT2D eigenvalue weighted by Gasteiger charge is -2.13. The highest BCUT2D eigenvalue weighted by atomic mass is 15.3. The molecule has 1 rings (SSSR count). The molecule has 0 bridgehead atoms. The number of unbranched alkanes of at least 4 members (excludes halogenated alkanes) is 1. The van der Waals surface area contributed by atoms with Crippen LogP contribution >= 0.6 is 0 Å². The fourth-order valence-corrected chi connectivity index (χ4v) is 1.79. The Labute approximate surface area is 87.3 Å². The molecule has 0 saturated carbocycles. The van der Waals surface area contributed by atoms with E-state index < -0.39 is 0 Å². The molecule has 1 aromatic heterocycles. The Balaban J connectivity index is 2.69. The first-order valence-corrected chi connectivity index (χ1v) is 5.66. The second kappa shape index (κ2) is 5.18. The van der Waals surface area contributed by atoms with Gasteiger partial charge in [-0.1, -0.05) is 26.7 Å². The van der Waals surface area contributed by atoms with Crippen LogP contribution in [0.4, 0.5) is 0 Å². The number of aromatic nitrogens is 2. The summed E-state index contributed by atoms with van der Waals surface area (Å²) in [4.78, 5) is 0. The maximum Gasteiger partial charge on any atom is 0.116 e. The van der Waals surface area contributed by atoms with Crippen LogP contribution in [0.5, 0.6) is 0 Å². The van der Waals surface area contributed by atoms with Crippen molar-refractivity contribution in [1.82, 2.24) is 9.78 Å². The summed E-state index contributed by atoms with van der Waals surface area (Å²) in [5, 5.41) is 4.33. The summed E-state index contributed by atoms with van der Waals surface area (Å²) >= 11 is 0. The van der Waals surface area contributed by atoms with Gasteiger partial charge in [0.25, 0.3) is 0 Å². The minimum Gasteiger partial charge on any atom is -0.266 e. The highest BCUT2D eigenvalue weighted by Gasteiger charge is 2.10. The largest absolute Gasteiger partial charge is 0.266 e. The van der Waals surface area contributed by atoms with E-state index in [0.29, 0.717) is 6.04 Å². The quantitative estimate of drug-likeness (QED) is 0.701. The Bertz CT molecular complexity index is 276. The van der Waals surface area contributed by atoms with E-state index in [4.69, 9.17) is 0 Å². The van der Waals surface area contributed by atoms with E-state index in [2.05, 4.69) is 43.7 Å². The van der Waals surface area contributed by atoms with Crippen LogP contribution in [-0.4, -0.2) is 9.78 Å². The predicted molar refractivity (Wildman–Crippen MR) is 59.4 cm³/mol. The third kappa shape index (κ3) is 2.37. The summed E-state index contributed by atoms with van der Waals surface area (Å²) in [7, 11) is 0. The van der Waals surface area contributed by atoms with Crippen molar-refractivity contribution in [2.24, 2.45) is 0 Å². The second-order valence-corrected chi connectivity index (χ2v) is 3.97. The summed E-state index contributed by atoms with van der Waals surface area (Å²) in [6, 6.07) is 0.520. The molecular formula is C12H21N2. The van der Waals surface area contributed by atoms with E-state index in [-0.39, 0.29) is 0 Å². The van der Waals surface area contributed by atoms with Crippen molar-refractivity contribution >= 4 is 0 Å². The van der Waals surface area contributed by atoms with Gasteiger partial charge >= 0.3 is 0 Å². The molecule has 0 fully saturated rings. The Kier molecular flexibility index (Phi) is 4.18. The van der Waals surface area contributed by atoms with Crippen LogP contribution in [0.25, 0.3) is 0 Å². The average molecular weight is 193 g/mol. The van der Waals surface area contributed by atoms with Gasteiger partial charge in [-0.2, -0.15) is 5.10 Å². The zero-order chi connectivity index (χ0) is 10.6. The van der Waals surface area contributed by atoms with E-state index in [9.17, 15) is 0 Å². The molecule has 0 aliphatic carbocycles. The van der Waals surface area contributed by atoms with Crippen molar-refractivity contribution < 1.29 is 0 Å². The van der Waals surface area contributed by atoms with Crippen LogP contribution in [0, 0.1) is 13.1 Å². The van der Waals surface area contributed by atoms with E-state index >= 15 is 0 Å². The monoisotopic (exact) mass is 193 g/mol. The third-order valence-electron chi connectivity index (χ3n) is 2.82. The zero-order valence-corrected chi connectivity index (χ0v) is 9.80. The lowest BCUT2D eigenvalue weighted by atomic mass is 10.1. The molecule has 79 valence electrons. The molecule has 0 aromatic carbocycles. The van der Waals surface area contributed by atoms with Crippen LogP contribution in [0.15, 0.2) is 0 Å². The van der Waals surface area contributed by atoms with Crippen molar-refractivity contribution in [3.63, 3.8) is 0 Å². The number of hydrogen-bond donors (Lipinski definition) is 0. The number of rotatable bonds is 5. The lowest BCUT2D eigenvalue weighted by molar-refractivity contribution is 0.435. The molecule has 0 amide bonds. The summed E-state index contributed by atoms with van der Waals surface area (Å²) in [6.45, 7) is 8.77. The molecule has 1 aromatic rings. The van der Waals surface area contributed by atoms with Gasteiger partial charge in [0.15, 0.2) is 0 Å². The molecule has 1 unspecified atom stereocenters. The summed E-state index contributed by atoms with van der Waals surface area (Å²) in [5.41, 5.74) is 2.55. The Morgan fingerprint density at radius 1 is 1.43 bits per heavy atom. The van der Waals surface area contributed by atoms with E-state index in [1.54, 1.807) is 0 Å². The van der Waals surface area contributed by atoms with Gasteiger partial charge in [-0.05, 0) is 26.7 Å². The smallest absolute Gasteiger partial charge is 0.116 e. The molecular weight excluding hydrogens is 172 g/mol. The van der Waals surface area contributed by atoms with Gasteiger partial charge in [0.05, 0.1) is 0 Å². The predicted octanol–water partition coefficient (Wildman–Crippen LogP) is 3.31. The summed E-state index contributed by atoms with van der Waals surface area (Å²) in [5.74, 6) is 0.